The molecule has 11 heteroatoms. The molecule has 8 nitrogen and oxygen atoms in total. The summed E-state index contributed by atoms with van der Waals surface area (Å²) in [5.41, 5.74) is 6.71. The molecule has 0 radical (unpaired) electrons. The van der Waals surface area contributed by atoms with Gasteiger partial charge in [0.15, 0.2) is 0 Å². The van der Waals surface area contributed by atoms with Gasteiger partial charge in [-0.2, -0.15) is 0 Å². The second kappa shape index (κ2) is 13.0. The van der Waals surface area contributed by atoms with Crippen LogP contribution in [0.3, 0.4) is 0 Å². The number of fused-ring (bicyclic) bond motifs is 1. The highest BCUT2D eigenvalue weighted by Gasteiger charge is 2.27. The monoisotopic (exact) mass is 538 g/mol. The number of aldehydes is 1. The summed E-state index contributed by atoms with van der Waals surface area (Å²) in [5, 5.41) is 4.83. The van der Waals surface area contributed by atoms with Crippen molar-refractivity contribution in [2.75, 3.05) is 25.6 Å². The van der Waals surface area contributed by atoms with Crippen LogP contribution in [-0.4, -0.2) is 57.2 Å². The van der Waals surface area contributed by atoms with Crippen molar-refractivity contribution in [1.29, 1.82) is 0 Å². The van der Waals surface area contributed by atoms with Gasteiger partial charge in [-0.05, 0) is 54.8 Å². The Morgan fingerprint density at radius 3 is 2.57 bits per heavy atom. The molecule has 3 heterocycles. The molecule has 190 valence electrons. The largest absolute Gasteiger partial charge is 0.383 e. The number of benzene rings is 1. The summed E-state index contributed by atoms with van der Waals surface area (Å²) in [7, 11) is -0.502. The standard InChI is InChI=1S/C12H11ClN2O.C6H11NO2.C6H9NOS2/c13-11-7-10-8(3-4-15-12(10)14)6-9(11)2-1-5-16;1-5-3-4-7(9-2)6(5)8;1-5-7-4-6(9-5)10(2,3)8/h3-7H,1-2H2,(H2,14,15);5H,3-4H2,1-2H3;4H,2H2,1,3H3. The van der Waals surface area contributed by atoms with Gasteiger partial charge in [0.1, 0.15) is 16.3 Å². The Kier molecular flexibility index (Phi) is 10.6. The first kappa shape index (κ1) is 28.7. The number of hydrogen-bond donors (Lipinski definition) is 1. The Hall–Kier alpha value is -2.53. The van der Waals surface area contributed by atoms with Crippen LogP contribution < -0.4 is 5.73 Å². The van der Waals surface area contributed by atoms with Crippen molar-refractivity contribution in [3.8, 4) is 0 Å². The molecule has 1 aliphatic heterocycles. The van der Waals surface area contributed by atoms with Gasteiger partial charge in [0.2, 0.25) is 5.91 Å². The van der Waals surface area contributed by atoms with Crippen LogP contribution in [0.25, 0.3) is 10.8 Å². The minimum atomic E-state index is -2.03. The van der Waals surface area contributed by atoms with E-state index >= 15 is 0 Å². The van der Waals surface area contributed by atoms with E-state index in [1.54, 1.807) is 24.7 Å². The van der Waals surface area contributed by atoms with Crippen LogP contribution >= 0.6 is 22.9 Å². The Bertz CT molecular complexity index is 1280. The molecule has 2 unspecified atom stereocenters. The molecule has 35 heavy (non-hydrogen) atoms. The lowest BCUT2D eigenvalue weighted by Crippen LogP contribution is -2.25. The summed E-state index contributed by atoms with van der Waals surface area (Å²) in [5.74, 6) is 4.29. The van der Waals surface area contributed by atoms with Crippen molar-refractivity contribution in [3.05, 3.63) is 46.2 Å². The molecule has 4 rings (SSSR count). The highest BCUT2D eigenvalue weighted by Crippen LogP contribution is 2.27. The van der Waals surface area contributed by atoms with Gasteiger partial charge in [0.25, 0.3) is 0 Å². The van der Waals surface area contributed by atoms with E-state index in [1.165, 1.54) is 23.5 Å². The molecule has 0 bridgehead atoms. The molecule has 0 saturated carbocycles. The average Bonchev–Trinajstić information content (AvgIpc) is 3.39. The highest BCUT2D eigenvalue weighted by molar-refractivity contribution is 8.01. The van der Waals surface area contributed by atoms with Gasteiger partial charge in [-0.25, -0.2) is 15.0 Å². The van der Waals surface area contributed by atoms with E-state index in [0.717, 1.165) is 44.8 Å². The van der Waals surface area contributed by atoms with E-state index in [-0.39, 0.29) is 11.8 Å². The van der Waals surface area contributed by atoms with Crippen molar-refractivity contribution in [2.45, 2.75) is 37.3 Å². The first-order valence-electron chi connectivity index (χ1n) is 10.8. The third kappa shape index (κ3) is 8.28. The summed E-state index contributed by atoms with van der Waals surface area (Å²) in [6.07, 6.45) is 7.87. The third-order valence-corrected chi connectivity index (χ3v) is 8.50. The number of halogens is 1. The van der Waals surface area contributed by atoms with E-state index < -0.39 is 9.52 Å². The number of hydroxylamine groups is 2. The number of nitrogens with zero attached hydrogens (tertiary/aromatic N) is 3. The van der Waals surface area contributed by atoms with E-state index in [9.17, 15) is 13.8 Å². The smallest absolute Gasteiger partial charge is 0.248 e. The molecular formula is C24H31ClN4O4S2. The average molecular weight is 539 g/mol. The SMILES string of the molecule is C=S(C)(=O)c1cnc(C)s1.CON1CCC(C)C1=O.Nc1nccc2cc(CCC=O)c(Cl)cc12. The zero-order chi connectivity index (χ0) is 26.2. The molecule has 2 atom stereocenters. The molecule has 3 aromatic rings. The van der Waals surface area contributed by atoms with E-state index in [2.05, 4.69) is 15.8 Å². The van der Waals surface area contributed by atoms with Gasteiger partial charge >= 0.3 is 0 Å². The summed E-state index contributed by atoms with van der Waals surface area (Å²) in [6.45, 7) is 4.55. The van der Waals surface area contributed by atoms with Crippen molar-refractivity contribution >= 4 is 67.1 Å². The first-order chi connectivity index (χ1) is 16.5. The minimum absolute atomic E-state index is 0.109. The Balaban J connectivity index is 0.000000197. The number of carbonyl (C=O) groups excluding carboxylic acids is 2. The molecule has 2 N–H and O–H groups in total. The molecule has 1 amide bonds. The first-order valence-corrected chi connectivity index (χ1v) is 14.2. The minimum Gasteiger partial charge on any atom is -0.383 e. The fourth-order valence-electron chi connectivity index (χ4n) is 3.18. The number of nitrogen functional groups attached to an aromatic ring is 1. The molecule has 0 aliphatic carbocycles. The fraction of sp³-hybridized carbons (Fsp3) is 0.375. The van der Waals surface area contributed by atoms with Gasteiger partial charge < -0.3 is 10.5 Å². The number of pyridine rings is 1. The zero-order valence-electron chi connectivity index (χ0n) is 20.3. The van der Waals surface area contributed by atoms with Gasteiger partial charge in [-0.1, -0.05) is 18.5 Å². The van der Waals surface area contributed by atoms with Gasteiger partial charge in [-0.15, -0.1) is 11.3 Å². The van der Waals surface area contributed by atoms with E-state index in [4.69, 9.17) is 22.2 Å². The quantitative estimate of drug-likeness (QED) is 0.382. The molecule has 1 aromatic carbocycles. The van der Waals surface area contributed by atoms with Gasteiger partial charge in [-0.3, -0.25) is 13.8 Å². The lowest BCUT2D eigenvalue weighted by atomic mass is 10.0. The summed E-state index contributed by atoms with van der Waals surface area (Å²) in [4.78, 5) is 34.0. The van der Waals surface area contributed by atoms with Crippen molar-refractivity contribution in [1.82, 2.24) is 15.0 Å². The fourth-order valence-corrected chi connectivity index (χ4v) is 5.29. The lowest BCUT2D eigenvalue weighted by Gasteiger charge is -2.10. The number of hydrogen-bond acceptors (Lipinski definition) is 8. The maximum atomic E-state index is 11.3. The van der Waals surface area contributed by atoms with E-state index in [0.29, 0.717) is 23.7 Å². The van der Waals surface area contributed by atoms with Gasteiger partial charge in [0.05, 0.1) is 18.3 Å². The number of thiazole rings is 1. The van der Waals surface area contributed by atoms with Crippen molar-refractivity contribution in [2.24, 2.45) is 5.92 Å². The molecule has 2 aromatic heterocycles. The van der Waals surface area contributed by atoms with Crippen LogP contribution in [0, 0.1) is 12.8 Å². The Labute approximate surface area is 215 Å². The van der Waals surface area contributed by atoms with Crippen LogP contribution in [0.15, 0.2) is 34.8 Å². The topological polar surface area (TPSA) is 115 Å². The maximum absolute atomic E-state index is 11.3. The second-order valence-corrected chi connectivity index (χ2v) is 12.4. The lowest BCUT2D eigenvalue weighted by molar-refractivity contribution is -0.169. The number of aryl methyl sites for hydroxylation is 2. The number of aromatic nitrogens is 2. The van der Waals surface area contributed by atoms with Crippen molar-refractivity contribution in [3.63, 3.8) is 0 Å². The number of anilines is 1. The third-order valence-electron chi connectivity index (χ3n) is 5.17. The van der Waals surface area contributed by atoms with Crippen LogP contribution in [0.2, 0.25) is 5.02 Å². The summed E-state index contributed by atoms with van der Waals surface area (Å²) >= 11 is 7.56. The summed E-state index contributed by atoms with van der Waals surface area (Å²) in [6, 6.07) is 5.64. The normalized spacial score (nSPS) is 16.7. The van der Waals surface area contributed by atoms with Crippen LogP contribution in [0.4, 0.5) is 5.82 Å². The number of amides is 1. The summed E-state index contributed by atoms with van der Waals surface area (Å²) < 4.78 is 12.0. The number of rotatable bonds is 5. The van der Waals surface area contributed by atoms with Crippen LogP contribution in [-0.2, 0) is 30.4 Å². The Morgan fingerprint density at radius 1 is 1.40 bits per heavy atom. The molecule has 1 saturated heterocycles. The molecule has 1 aliphatic rings. The van der Waals surface area contributed by atoms with Crippen LogP contribution in [0.5, 0.6) is 0 Å². The predicted molar refractivity (Wildman–Crippen MR) is 144 cm³/mol. The van der Waals surface area contributed by atoms with E-state index in [1.807, 2.05) is 26.0 Å². The second-order valence-electron chi connectivity index (χ2n) is 8.08. The molecule has 0 spiro atoms. The van der Waals surface area contributed by atoms with Gasteiger partial charge in [0, 0.05) is 51.3 Å². The molecule has 1 fully saturated rings. The number of carbonyl (C=O) groups is 2. The predicted octanol–water partition coefficient (Wildman–Crippen LogP) is 4.17. The van der Waals surface area contributed by atoms with Crippen molar-refractivity contribution < 1.29 is 18.6 Å². The maximum Gasteiger partial charge on any atom is 0.248 e. The molecular weight excluding hydrogens is 508 g/mol. The number of nitrogens with two attached hydrogens (primary N) is 1. The Morgan fingerprint density at radius 2 is 2.11 bits per heavy atom. The zero-order valence-corrected chi connectivity index (χ0v) is 22.7. The highest BCUT2D eigenvalue weighted by atomic mass is 35.5. The van der Waals surface area contributed by atoms with Crippen LogP contribution in [0.1, 0.15) is 30.3 Å².